The van der Waals surface area contributed by atoms with Crippen LogP contribution in [0.3, 0.4) is 0 Å². The number of ketones is 1. The zero-order chi connectivity index (χ0) is 26.9. The Morgan fingerprint density at radius 1 is 1.30 bits per heavy atom. The van der Waals surface area contributed by atoms with E-state index in [9.17, 15) is 27.8 Å². The zero-order valence-corrected chi connectivity index (χ0v) is 21.2. The lowest BCUT2D eigenvalue weighted by Gasteiger charge is -2.15. The molecule has 5 N–H and O–H groups in total. The van der Waals surface area contributed by atoms with Crippen molar-refractivity contribution < 1.29 is 36.4 Å². The van der Waals surface area contributed by atoms with Crippen LogP contribution in [0.25, 0.3) is 0 Å². The second kappa shape index (κ2) is 11.0. The van der Waals surface area contributed by atoms with Crippen molar-refractivity contribution in [2.75, 3.05) is 11.9 Å². The number of furan rings is 1. The van der Waals surface area contributed by atoms with Gasteiger partial charge in [-0.25, -0.2) is 19.5 Å². The minimum Gasteiger partial charge on any atom is -0.441 e. The van der Waals surface area contributed by atoms with E-state index >= 15 is 0 Å². The number of nitrogens with one attached hydrogen (secondary N) is 1. The summed E-state index contributed by atoms with van der Waals surface area (Å²) in [6.45, 7) is -0.295. The maximum absolute atomic E-state index is 14.2. The monoisotopic (exact) mass is 574 g/mol. The molecule has 0 bridgehead atoms. The largest absolute Gasteiger partial charge is 0.441 e. The smallest absolute Gasteiger partial charge is 0.333 e. The molecule has 37 heavy (non-hydrogen) atoms. The number of nitrogens with zero attached hydrogens (tertiary/aromatic N) is 2. The standard InChI is InChI=1S/C22H21Cl2FN4O7S/c23-11-1-2-16(25)13(4-11)19(31)14-6-18(36-21(14)24)20(32)15-7-27-9-28-22(15)29-12-3-10(17(30)5-12)8-35-37(26,33)34/h1-2,4,6-7,9-10,12,17,19,30-31H,3,5,8H2,(H2,26,33,34)(H,27,28,29)/t10-,12-,17+,19?/m1/s1. The summed E-state index contributed by atoms with van der Waals surface area (Å²) in [6, 6.07) is 4.45. The zero-order valence-electron chi connectivity index (χ0n) is 18.8. The molecule has 0 amide bonds. The van der Waals surface area contributed by atoms with E-state index in [0.717, 1.165) is 6.07 Å². The maximum atomic E-state index is 14.2. The molecule has 0 radical (unpaired) electrons. The first kappa shape index (κ1) is 27.4. The van der Waals surface area contributed by atoms with Gasteiger partial charge < -0.3 is 19.9 Å². The minimum atomic E-state index is -4.15. The molecule has 11 nitrogen and oxygen atoms in total. The third-order valence-corrected chi connectivity index (χ3v) is 6.88. The molecule has 15 heteroatoms. The lowest BCUT2D eigenvalue weighted by atomic mass is 10.0. The first-order valence-corrected chi connectivity index (χ1v) is 13.0. The van der Waals surface area contributed by atoms with Crippen LogP contribution in [0.4, 0.5) is 10.2 Å². The lowest BCUT2D eigenvalue weighted by Crippen LogP contribution is -2.24. The maximum Gasteiger partial charge on any atom is 0.333 e. The summed E-state index contributed by atoms with van der Waals surface area (Å²) >= 11 is 12.0. The van der Waals surface area contributed by atoms with Gasteiger partial charge in [0.1, 0.15) is 24.1 Å². The molecule has 4 rings (SSSR count). The van der Waals surface area contributed by atoms with E-state index in [0.29, 0.717) is 6.42 Å². The fourth-order valence-corrected chi connectivity index (χ4v) is 4.88. The highest BCUT2D eigenvalue weighted by Gasteiger charge is 2.35. The number of carbonyl (C=O) groups is 1. The van der Waals surface area contributed by atoms with Crippen LogP contribution in [0, 0.1) is 11.7 Å². The van der Waals surface area contributed by atoms with Crippen LogP contribution in [0.2, 0.25) is 10.2 Å². The van der Waals surface area contributed by atoms with Crippen molar-refractivity contribution in [3.63, 3.8) is 0 Å². The van der Waals surface area contributed by atoms with Gasteiger partial charge in [-0.1, -0.05) is 11.6 Å². The average Bonchev–Trinajstić information content (AvgIpc) is 3.40. The van der Waals surface area contributed by atoms with E-state index in [4.69, 9.17) is 32.8 Å². The fraction of sp³-hybridized carbons (Fsp3) is 0.318. The van der Waals surface area contributed by atoms with E-state index < -0.39 is 40.0 Å². The van der Waals surface area contributed by atoms with Crippen LogP contribution in [-0.2, 0) is 14.5 Å². The number of carbonyl (C=O) groups excluding carboxylic acids is 1. The van der Waals surface area contributed by atoms with Crippen molar-refractivity contribution in [1.29, 1.82) is 0 Å². The normalized spacial score (nSPS) is 20.6. The van der Waals surface area contributed by atoms with Gasteiger partial charge in [0.2, 0.25) is 5.78 Å². The molecule has 1 aliphatic rings. The van der Waals surface area contributed by atoms with Gasteiger partial charge in [0.15, 0.2) is 11.0 Å². The van der Waals surface area contributed by atoms with Crippen LogP contribution >= 0.6 is 23.2 Å². The number of hydrogen-bond donors (Lipinski definition) is 4. The molecule has 1 aromatic carbocycles. The van der Waals surface area contributed by atoms with Crippen LogP contribution < -0.4 is 10.5 Å². The lowest BCUT2D eigenvalue weighted by molar-refractivity contribution is 0.100. The quantitative estimate of drug-likeness (QED) is 0.277. The molecular weight excluding hydrogens is 554 g/mol. The Bertz CT molecular complexity index is 1420. The Morgan fingerprint density at radius 3 is 2.78 bits per heavy atom. The number of halogens is 3. The number of aromatic nitrogens is 2. The van der Waals surface area contributed by atoms with Crippen molar-refractivity contribution in [3.8, 4) is 0 Å². The van der Waals surface area contributed by atoms with E-state index in [1.165, 1.54) is 30.7 Å². The molecule has 0 spiro atoms. The van der Waals surface area contributed by atoms with Crippen molar-refractivity contribution >= 4 is 45.1 Å². The molecule has 2 aromatic heterocycles. The van der Waals surface area contributed by atoms with Gasteiger partial charge in [0, 0.05) is 34.3 Å². The van der Waals surface area contributed by atoms with Crippen molar-refractivity contribution in [1.82, 2.24) is 9.97 Å². The fourth-order valence-electron chi connectivity index (χ4n) is 4.09. The molecule has 1 aliphatic carbocycles. The number of nitrogens with two attached hydrogens (primary N) is 1. The predicted octanol–water partition coefficient (Wildman–Crippen LogP) is 2.60. The van der Waals surface area contributed by atoms with Crippen LogP contribution in [0.15, 0.2) is 41.2 Å². The molecule has 1 saturated carbocycles. The molecule has 3 aromatic rings. The van der Waals surface area contributed by atoms with Gasteiger partial charge >= 0.3 is 10.3 Å². The Hall–Kier alpha value is -2.65. The summed E-state index contributed by atoms with van der Waals surface area (Å²) in [6.07, 6.45) is 0.552. The number of benzene rings is 1. The van der Waals surface area contributed by atoms with Crippen molar-refractivity contribution in [3.05, 3.63) is 75.3 Å². The van der Waals surface area contributed by atoms with Crippen LogP contribution in [0.5, 0.6) is 0 Å². The first-order chi connectivity index (χ1) is 17.4. The van der Waals surface area contributed by atoms with E-state index in [-0.39, 0.29) is 57.6 Å². The minimum absolute atomic E-state index is 0.00150. The number of rotatable bonds is 9. The van der Waals surface area contributed by atoms with Crippen molar-refractivity contribution in [2.24, 2.45) is 11.1 Å². The van der Waals surface area contributed by atoms with E-state index in [1.807, 2.05) is 0 Å². The Kier molecular flexibility index (Phi) is 8.14. The first-order valence-electron chi connectivity index (χ1n) is 10.8. The van der Waals surface area contributed by atoms with Gasteiger partial charge in [-0.15, -0.1) is 0 Å². The van der Waals surface area contributed by atoms with E-state index in [1.54, 1.807) is 0 Å². The number of aliphatic hydroxyl groups is 2. The average molecular weight is 575 g/mol. The highest BCUT2D eigenvalue weighted by molar-refractivity contribution is 7.84. The highest BCUT2D eigenvalue weighted by Crippen LogP contribution is 2.35. The molecule has 2 heterocycles. The number of aliphatic hydroxyl groups excluding tert-OH is 2. The third-order valence-electron chi connectivity index (χ3n) is 5.89. The van der Waals surface area contributed by atoms with E-state index in [2.05, 4.69) is 19.5 Å². The molecule has 4 atom stereocenters. The van der Waals surface area contributed by atoms with Crippen LogP contribution in [0.1, 0.15) is 46.2 Å². The van der Waals surface area contributed by atoms with Crippen molar-refractivity contribution in [2.45, 2.75) is 31.1 Å². The molecule has 0 saturated heterocycles. The summed E-state index contributed by atoms with van der Waals surface area (Å²) in [5.41, 5.74) is -0.198. The summed E-state index contributed by atoms with van der Waals surface area (Å²) in [5, 5.41) is 28.7. The molecule has 0 aliphatic heterocycles. The Morgan fingerprint density at radius 2 is 2.05 bits per heavy atom. The summed E-state index contributed by atoms with van der Waals surface area (Å²) in [7, 11) is -4.15. The third kappa shape index (κ3) is 6.44. The van der Waals surface area contributed by atoms with Gasteiger partial charge in [0.05, 0.1) is 18.3 Å². The van der Waals surface area contributed by atoms with Gasteiger partial charge in [-0.05, 0) is 48.7 Å². The second-order valence-corrected chi connectivity index (χ2v) is 10.4. The molecular formula is C22H21Cl2FN4O7S. The Labute approximate surface area is 220 Å². The topological polar surface area (TPSA) is 178 Å². The summed E-state index contributed by atoms with van der Waals surface area (Å²) in [5.74, 6) is -2.05. The van der Waals surface area contributed by atoms with Crippen LogP contribution in [-0.4, -0.2) is 53.1 Å². The van der Waals surface area contributed by atoms with Gasteiger partial charge in [0.25, 0.3) is 0 Å². The second-order valence-electron chi connectivity index (χ2n) is 8.44. The highest BCUT2D eigenvalue weighted by atomic mass is 35.5. The predicted molar refractivity (Wildman–Crippen MR) is 130 cm³/mol. The molecule has 1 fully saturated rings. The van der Waals surface area contributed by atoms with Gasteiger partial charge in [-0.2, -0.15) is 8.42 Å². The molecule has 1 unspecified atom stereocenters. The summed E-state index contributed by atoms with van der Waals surface area (Å²) < 4.78 is 46.3. The number of hydrogen-bond acceptors (Lipinski definition) is 10. The number of anilines is 1. The SMILES string of the molecule is NS(=O)(=O)OC[C@H]1C[C@@H](Nc2ncncc2C(=O)c2cc(C(O)c3cc(Cl)ccc3F)c(Cl)o2)C[C@@H]1O. The van der Waals surface area contributed by atoms with Gasteiger partial charge in [-0.3, -0.25) is 8.98 Å². The molecule has 198 valence electrons. The Balaban J connectivity index is 1.53. The summed E-state index contributed by atoms with van der Waals surface area (Å²) in [4.78, 5) is 21.2.